The summed E-state index contributed by atoms with van der Waals surface area (Å²) in [5.41, 5.74) is 6.41. The third-order valence-corrected chi connectivity index (χ3v) is 4.19. The van der Waals surface area contributed by atoms with E-state index in [1.807, 2.05) is 13.0 Å². The van der Waals surface area contributed by atoms with E-state index in [1.165, 1.54) is 6.07 Å². The summed E-state index contributed by atoms with van der Waals surface area (Å²) in [6.07, 6.45) is 1.08. The van der Waals surface area contributed by atoms with Crippen LogP contribution in [0.15, 0.2) is 18.2 Å². The number of hydrogen-bond acceptors (Lipinski definition) is 3. The van der Waals surface area contributed by atoms with Crippen LogP contribution in [0.1, 0.15) is 31.9 Å². The van der Waals surface area contributed by atoms with Gasteiger partial charge in [0.2, 0.25) is 0 Å². The molecular formula is C15H23FN2O. The fraction of sp³-hybridized carbons (Fsp3) is 0.600. The second kappa shape index (κ2) is 5.88. The molecule has 1 aromatic rings. The molecule has 1 heterocycles. The summed E-state index contributed by atoms with van der Waals surface area (Å²) in [4.78, 5) is 2.32. The van der Waals surface area contributed by atoms with Crippen LogP contribution in [0.5, 0.6) is 5.75 Å². The second-order valence-electron chi connectivity index (χ2n) is 5.41. The molecule has 0 aliphatic carbocycles. The van der Waals surface area contributed by atoms with Crippen molar-refractivity contribution >= 4 is 0 Å². The Balaban J connectivity index is 2.27. The standard InChI is InChI=1S/C15H23FN2O/c1-10-7-12(8-17)9-18(10)11(2)15-13(16)5-4-6-14(15)19-3/h4-6,10-12H,7-9,17H2,1-3H3. The van der Waals surface area contributed by atoms with Gasteiger partial charge in [-0.3, -0.25) is 4.90 Å². The van der Waals surface area contributed by atoms with Crippen molar-refractivity contribution in [1.82, 2.24) is 4.90 Å². The van der Waals surface area contributed by atoms with Crippen molar-refractivity contribution in [3.63, 3.8) is 0 Å². The molecular weight excluding hydrogens is 243 g/mol. The topological polar surface area (TPSA) is 38.5 Å². The van der Waals surface area contributed by atoms with Crippen LogP contribution in [0.2, 0.25) is 0 Å². The number of benzene rings is 1. The number of hydrogen-bond donors (Lipinski definition) is 1. The first-order valence-corrected chi connectivity index (χ1v) is 6.86. The van der Waals surface area contributed by atoms with Crippen molar-refractivity contribution in [2.45, 2.75) is 32.4 Å². The van der Waals surface area contributed by atoms with Crippen LogP contribution in [-0.2, 0) is 0 Å². The molecule has 1 fully saturated rings. The van der Waals surface area contributed by atoms with Crippen molar-refractivity contribution in [3.05, 3.63) is 29.6 Å². The Bertz CT molecular complexity index is 438. The van der Waals surface area contributed by atoms with E-state index in [2.05, 4.69) is 11.8 Å². The summed E-state index contributed by atoms with van der Waals surface area (Å²) in [5.74, 6) is 0.932. The first-order valence-electron chi connectivity index (χ1n) is 6.86. The van der Waals surface area contributed by atoms with Crippen LogP contribution in [0.4, 0.5) is 4.39 Å². The number of likely N-dealkylation sites (tertiary alicyclic amines) is 1. The van der Waals surface area contributed by atoms with E-state index in [4.69, 9.17) is 10.5 Å². The molecule has 3 nitrogen and oxygen atoms in total. The first kappa shape index (κ1) is 14.3. The van der Waals surface area contributed by atoms with E-state index in [-0.39, 0.29) is 11.9 Å². The van der Waals surface area contributed by atoms with Crippen LogP contribution >= 0.6 is 0 Å². The monoisotopic (exact) mass is 266 g/mol. The molecule has 1 aliphatic heterocycles. The summed E-state index contributed by atoms with van der Waals surface area (Å²) in [6.45, 7) is 5.84. The molecule has 2 rings (SSSR count). The predicted molar refractivity (Wildman–Crippen MR) is 74.7 cm³/mol. The van der Waals surface area contributed by atoms with Crippen molar-refractivity contribution in [3.8, 4) is 5.75 Å². The molecule has 1 aliphatic rings. The van der Waals surface area contributed by atoms with Crippen molar-refractivity contribution in [1.29, 1.82) is 0 Å². The van der Waals surface area contributed by atoms with Gasteiger partial charge in [0.1, 0.15) is 11.6 Å². The number of nitrogens with zero attached hydrogens (tertiary/aromatic N) is 1. The minimum absolute atomic E-state index is 0.00250. The molecule has 0 bridgehead atoms. The van der Waals surface area contributed by atoms with E-state index in [9.17, 15) is 4.39 Å². The average Bonchev–Trinajstić information content (AvgIpc) is 2.79. The van der Waals surface area contributed by atoms with Gasteiger partial charge in [-0.2, -0.15) is 0 Å². The van der Waals surface area contributed by atoms with E-state index in [0.717, 1.165) is 13.0 Å². The molecule has 4 heteroatoms. The van der Waals surface area contributed by atoms with Gasteiger partial charge in [0, 0.05) is 24.2 Å². The van der Waals surface area contributed by atoms with Gasteiger partial charge in [-0.25, -0.2) is 4.39 Å². The lowest BCUT2D eigenvalue weighted by atomic mass is 10.0. The van der Waals surface area contributed by atoms with Gasteiger partial charge in [0.25, 0.3) is 0 Å². The highest BCUT2D eigenvalue weighted by atomic mass is 19.1. The number of rotatable bonds is 4. The zero-order chi connectivity index (χ0) is 14.0. The molecule has 0 amide bonds. The molecule has 1 aromatic carbocycles. The zero-order valence-corrected chi connectivity index (χ0v) is 11.9. The van der Waals surface area contributed by atoms with Crippen LogP contribution in [0, 0.1) is 11.7 Å². The molecule has 0 aromatic heterocycles. The molecule has 0 spiro atoms. The SMILES string of the molecule is COc1cccc(F)c1C(C)N1CC(CN)CC1C. The summed E-state index contributed by atoms with van der Waals surface area (Å²) in [7, 11) is 1.58. The average molecular weight is 266 g/mol. The lowest BCUT2D eigenvalue weighted by Gasteiger charge is -2.30. The maximum absolute atomic E-state index is 14.1. The summed E-state index contributed by atoms with van der Waals surface area (Å²) in [5, 5.41) is 0. The Morgan fingerprint density at radius 3 is 2.84 bits per heavy atom. The predicted octanol–water partition coefficient (Wildman–Crippen LogP) is 2.56. The van der Waals surface area contributed by atoms with Gasteiger partial charge < -0.3 is 10.5 Å². The van der Waals surface area contributed by atoms with Gasteiger partial charge >= 0.3 is 0 Å². The highest BCUT2D eigenvalue weighted by Gasteiger charge is 2.33. The number of nitrogens with two attached hydrogens (primary N) is 1. The number of ether oxygens (including phenoxy) is 1. The molecule has 106 valence electrons. The van der Waals surface area contributed by atoms with Crippen molar-refractivity contribution < 1.29 is 9.13 Å². The Hall–Kier alpha value is -1.13. The fourth-order valence-corrected chi connectivity index (χ4v) is 3.15. The second-order valence-corrected chi connectivity index (χ2v) is 5.41. The third kappa shape index (κ3) is 2.74. The van der Waals surface area contributed by atoms with Crippen molar-refractivity contribution in [2.75, 3.05) is 20.2 Å². The minimum Gasteiger partial charge on any atom is -0.496 e. The quantitative estimate of drug-likeness (QED) is 0.910. The largest absolute Gasteiger partial charge is 0.496 e. The summed E-state index contributed by atoms with van der Waals surface area (Å²) < 4.78 is 19.4. The summed E-state index contributed by atoms with van der Waals surface area (Å²) >= 11 is 0. The van der Waals surface area contributed by atoms with E-state index in [0.29, 0.717) is 29.8 Å². The highest BCUT2D eigenvalue weighted by Crippen LogP contribution is 2.36. The Morgan fingerprint density at radius 2 is 2.26 bits per heavy atom. The molecule has 3 atom stereocenters. The van der Waals surface area contributed by atoms with Crippen LogP contribution < -0.4 is 10.5 Å². The lowest BCUT2D eigenvalue weighted by Crippen LogP contribution is -2.31. The Kier molecular flexibility index (Phi) is 4.42. The van der Waals surface area contributed by atoms with Crippen LogP contribution in [-0.4, -0.2) is 31.1 Å². The maximum Gasteiger partial charge on any atom is 0.131 e. The van der Waals surface area contributed by atoms with E-state index < -0.39 is 0 Å². The van der Waals surface area contributed by atoms with E-state index >= 15 is 0 Å². The van der Waals surface area contributed by atoms with Gasteiger partial charge in [-0.1, -0.05) is 6.07 Å². The van der Waals surface area contributed by atoms with Crippen LogP contribution in [0.3, 0.4) is 0 Å². The van der Waals surface area contributed by atoms with Gasteiger partial charge in [-0.15, -0.1) is 0 Å². The minimum atomic E-state index is -0.199. The first-order chi connectivity index (χ1) is 9.08. The van der Waals surface area contributed by atoms with Crippen LogP contribution in [0.25, 0.3) is 0 Å². The molecule has 19 heavy (non-hydrogen) atoms. The molecule has 2 N–H and O–H groups in total. The van der Waals surface area contributed by atoms with Gasteiger partial charge in [0.05, 0.1) is 7.11 Å². The number of halogens is 1. The maximum atomic E-state index is 14.1. The number of methoxy groups -OCH3 is 1. The smallest absolute Gasteiger partial charge is 0.131 e. The molecule has 0 saturated carbocycles. The highest BCUT2D eigenvalue weighted by molar-refractivity contribution is 5.37. The van der Waals surface area contributed by atoms with E-state index in [1.54, 1.807) is 13.2 Å². The third-order valence-electron chi connectivity index (χ3n) is 4.19. The fourth-order valence-electron chi connectivity index (χ4n) is 3.15. The molecule has 3 unspecified atom stereocenters. The van der Waals surface area contributed by atoms with Crippen molar-refractivity contribution in [2.24, 2.45) is 11.7 Å². The lowest BCUT2D eigenvalue weighted by molar-refractivity contribution is 0.193. The van der Waals surface area contributed by atoms with Gasteiger partial charge in [-0.05, 0) is 44.9 Å². The zero-order valence-electron chi connectivity index (χ0n) is 11.9. The normalized spacial score (nSPS) is 25.5. The van der Waals surface area contributed by atoms with Gasteiger partial charge in [0.15, 0.2) is 0 Å². The Morgan fingerprint density at radius 1 is 1.53 bits per heavy atom. The summed E-state index contributed by atoms with van der Waals surface area (Å²) in [6, 6.07) is 5.42. The molecule has 0 radical (unpaired) electrons. The Labute approximate surface area is 114 Å². The molecule has 1 saturated heterocycles.